The Bertz CT molecular complexity index is 587. The van der Waals surface area contributed by atoms with Crippen LogP contribution in [-0.4, -0.2) is 29.8 Å². The second kappa shape index (κ2) is 9.87. The third kappa shape index (κ3) is 6.30. The van der Waals surface area contributed by atoms with E-state index in [0.717, 1.165) is 12.1 Å². The Morgan fingerprint density at radius 1 is 1.04 bits per heavy atom. The zero-order valence-corrected chi connectivity index (χ0v) is 14.1. The van der Waals surface area contributed by atoms with Crippen molar-refractivity contribution in [2.24, 2.45) is 0 Å². The second-order valence-electron chi connectivity index (χ2n) is 4.97. The number of nitrogens with one attached hydrogen (secondary N) is 1. The third-order valence-corrected chi connectivity index (χ3v) is 4.18. The molecule has 0 unspecified atom stereocenters. The number of benzene rings is 2. The molecular weight excluding hydrogens is 304 g/mol. The van der Waals surface area contributed by atoms with Crippen molar-refractivity contribution >= 4 is 17.9 Å². The Morgan fingerprint density at radius 3 is 2.17 bits per heavy atom. The van der Waals surface area contributed by atoms with Crippen LogP contribution in [0, 0.1) is 0 Å². The van der Waals surface area contributed by atoms with Gasteiger partial charge in [-0.25, -0.2) is 4.31 Å². The van der Waals surface area contributed by atoms with E-state index in [4.69, 9.17) is 0 Å². The maximum atomic E-state index is 11.6. The molecule has 0 aliphatic carbocycles. The number of rotatable bonds is 4. The van der Waals surface area contributed by atoms with Gasteiger partial charge in [0, 0.05) is 30.1 Å². The van der Waals surface area contributed by atoms with Gasteiger partial charge in [-0.2, -0.15) is 0 Å². The Morgan fingerprint density at radius 2 is 1.61 bits per heavy atom. The molecule has 0 spiro atoms. The first kappa shape index (κ1) is 17.3. The van der Waals surface area contributed by atoms with Crippen molar-refractivity contribution in [1.82, 2.24) is 9.62 Å². The Balaban J connectivity index is 0.000000268. The van der Waals surface area contributed by atoms with Crippen molar-refractivity contribution in [2.45, 2.75) is 11.8 Å². The Labute approximate surface area is 142 Å². The highest BCUT2D eigenvalue weighted by Crippen LogP contribution is 2.26. The Kier molecular flexibility index (Phi) is 7.43. The molecule has 3 rings (SSSR count). The van der Waals surface area contributed by atoms with Crippen LogP contribution in [0.3, 0.4) is 0 Å². The minimum absolute atomic E-state index is 0.0589. The first-order valence-electron chi connectivity index (χ1n) is 7.75. The van der Waals surface area contributed by atoms with Crippen molar-refractivity contribution in [2.75, 3.05) is 19.6 Å². The van der Waals surface area contributed by atoms with E-state index >= 15 is 0 Å². The monoisotopic (exact) mass is 326 g/mol. The smallest absolute Gasteiger partial charge is 0.248 e. The highest BCUT2D eigenvalue weighted by Gasteiger charge is 2.19. The van der Waals surface area contributed by atoms with Crippen LogP contribution in [-0.2, 0) is 4.79 Å². The van der Waals surface area contributed by atoms with Crippen LogP contribution in [0.4, 0.5) is 0 Å². The summed E-state index contributed by atoms with van der Waals surface area (Å²) in [4.78, 5) is 12.8. The average Bonchev–Trinajstić information content (AvgIpc) is 3.07. The largest absolute Gasteiger partial charge is 0.353 e. The summed E-state index contributed by atoms with van der Waals surface area (Å²) in [7, 11) is 0. The molecule has 0 atom stereocenters. The molecule has 1 heterocycles. The third-order valence-electron chi connectivity index (χ3n) is 3.16. The zero-order chi connectivity index (χ0) is 16.3. The molecule has 0 saturated carbocycles. The van der Waals surface area contributed by atoms with Crippen LogP contribution in [0.1, 0.15) is 6.92 Å². The van der Waals surface area contributed by atoms with Crippen LogP contribution < -0.4 is 5.32 Å². The van der Waals surface area contributed by atoms with Gasteiger partial charge < -0.3 is 5.32 Å². The maximum Gasteiger partial charge on any atom is 0.248 e. The van der Waals surface area contributed by atoms with Gasteiger partial charge in [0.25, 0.3) is 0 Å². The fraction of sp³-hybridized carbons (Fsp3) is 0.211. The van der Waals surface area contributed by atoms with E-state index in [1.807, 2.05) is 67.6 Å². The van der Waals surface area contributed by atoms with Gasteiger partial charge in [0.1, 0.15) is 0 Å². The maximum absolute atomic E-state index is 11.6. The average molecular weight is 326 g/mol. The lowest BCUT2D eigenvalue weighted by Gasteiger charge is -2.14. The lowest BCUT2D eigenvalue weighted by atomic mass is 10.3. The summed E-state index contributed by atoms with van der Waals surface area (Å²) in [5.74, 6) is 0.0589. The predicted molar refractivity (Wildman–Crippen MR) is 97.1 cm³/mol. The minimum atomic E-state index is 0.0589. The van der Waals surface area contributed by atoms with Gasteiger partial charge in [0.15, 0.2) is 0 Å². The molecule has 1 N–H and O–H groups in total. The van der Waals surface area contributed by atoms with Crippen LogP contribution in [0.15, 0.2) is 83.3 Å². The molecule has 0 saturated heterocycles. The van der Waals surface area contributed by atoms with Crippen molar-refractivity contribution in [1.29, 1.82) is 0 Å². The zero-order valence-electron chi connectivity index (χ0n) is 13.3. The van der Waals surface area contributed by atoms with Crippen molar-refractivity contribution in [3.05, 3.63) is 78.4 Å². The van der Waals surface area contributed by atoms with Gasteiger partial charge in [-0.3, -0.25) is 4.79 Å². The van der Waals surface area contributed by atoms with Crippen LogP contribution >= 0.6 is 11.9 Å². The summed E-state index contributed by atoms with van der Waals surface area (Å²) < 4.78 is 2.18. The van der Waals surface area contributed by atoms with E-state index in [2.05, 4.69) is 21.8 Å². The SMILES string of the molecule is CCNC(=O)C1=CCN(Sc2ccccc2)C1.c1ccccc1. The van der Waals surface area contributed by atoms with Gasteiger partial charge in [0.05, 0.1) is 0 Å². The molecule has 1 aliphatic heterocycles. The topological polar surface area (TPSA) is 32.3 Å². The first-order valence-corrected chi connectivity index (χ1v) is 8.52. The molecule has 0 fully saturated rings. The van der Waals surface area contributed by atoms with E-state index in [1.165, 1.54) is 4.90 Å². The summed E-state index contributed by atoms with van der Waals surface area (Å²) in [5, 5.41) is 2.83. The number of hydrogen-bond donors (Lipinski definition) is 1. The molecular formula is C19H22N2OS. The van der Waals surface area contributed by atoms with Crippen LogP contribution in [0.2, 0.25) is 0 Å². The molecule has 23 heavy (non-hydrogen) atoms. The molecule has 2 aromatic carbocycles. The normalized spacial score (nSPS) is 13.7. The summed E-state index contributed by atoms with van der Waals surface area (Å²) in [6.07, 6.45) is 2.00. The number of likely N-dealkylation sites (N-methyl/N-ethyl adjacent to an activating group) is 1. The fourth-order valence-corrected chi connectivity index (χ4v) is 2.98. The van der Waals surface area contributed by atoms with E-state index in [0.29, 0.717) is 13.1 Å². The van der Waals surface area contributed by atoms with Gasteiger partial charge in [-0.15, -0.1) is 0 Å². The predicted octanol–water partition coefficient (Wildman–Crippen LogP) is 3.76. The van der Waals surface area contributed by atoms with E-state index < -0.39 is 0 Å². The van der Waals surface area contributed by atoms with Crippen LogP contribution in [0.25, 0.3) is 0 Å². The summed E-state index contributed by atoms with van der Waals surface area (Å²) >= 11 is 1.69. The Hall–Kier alpha value is -2.04. The molecule has 1 amide bonds. The van der Waals surface area contributed by atoms with Gasteiger partial charge in [-0.05, 0) is 31.0 Å². The molecule has 0 radical (unpaired) electrons. The van der Waals surface area contributed by atoms with E-state index in [-0.39, 0.29) is 5.91 Å². The molecule has 4 heteroatoms. The lowest BCUT2D eigenvalue weighted by Crippen LogP contribution is -2.26. The number of amides is 1. The number of hydrogen-bond acceptors (Lipinski definition) is 3. The minimum Gasteiger partial charge on any atom is -0.353 e. The number of nitrogens with zero attached hydrogens (tertiary/aromatic N) is 1. The fourth-order valence-electron chi connectivity index (χ4n) is 2.05. The quantitative estimate of drug-likeness (QED) is 0.868. The molecule has 120 valence electrons. The van der Waals surface area contributed by atoms with Crippen molar-refractivity contribution in [3.63, 3.8) is 0 Å². The number of carbonyl (C=O) groups excluding carboxylic acids is 1. The molecule has 3 nitrogen and oxygen atoms in total. The van der Waals surface area contributed by atoms with Gasteiger partial charge in [-0.1, -0.05) is 60.7 Å². The highest BCUT2D eigenvalue weighted by molar-refractivity contribution is 7.97. The summed E-state index contributed by atoms with van der Waals surface area (Å²) in [6, 6.07) is 22.2. The summed E-state index contributed by atoms with van der Waals surface area (Å²) in [5.41, 5.74) is 0.871. The number of carbonyl (C=O) groups is 1. The molecule has 1 aliphatic rings. The van der Waals surface area contributed by atoms with Gasteiger partial charge >= 0.3 is 0 Å². The molecule has 2 aromatic rings. The van der Waals surface area contributed by atoms with Crippen molar-refractivity contribution < 1.29 is 4.79 Å². The van der Waals surface area contributed by atoms with Gasteiger partial charge in [0.2, 0.25) is 5.91 Å². The summed E-state index contributed by atoms with van der Waals surface area (Å²) in [6.45, 7) is 4.16. The van der Waals surface area contributed by atoms with E-state index in [9.17, 15) is 4.79 Å². The van der Waals surface area contributed by atoms with Crippen LogP contribution in [0.5, 0.6) is 0 Å². The molecule has 0 aromatic heterocycles. The highest BCUT2D eigenvalue weighted by atomic mass is 32.2. The van der Waals surface area contributed by atoms with Crippen molar-refractivity contribution in [3.8, 4) is 0 Å². The van der Waals surface area contributed by atoms with E-state index in [1.54, 1.807) is 11.9 Å². The second-order valence-corrected chi connectivity index (χ2v) is 6.14. The lowest BCUT2D eigenvalue weighted by molar-refractivity contribution is -0.117. The standard InChI is InChI=1S/C13H16N2OS.C6H6/c1-2-14-13(16)11-8-9-15(10-11)17-12-6-4-3-5-7-12;1-2-4-6-5-3-1/h3-8H,2,9-10H2,1H3,(H,14,16);1-6H. The first-order chi connectivity index (χ1) is 11.3. The molecule has 0 bridgehead atoms.